The van der Waals surface area contributed by atoms with E-state index in [-0.39, 0.29) is 53.9 Å². The molecular weight excluding hydrogens is 686 g/mol. The van der Waals surface area contributed by atoms with Gasteiger partial charge in [0.25, 0.3) is 5.56 Å². The lowest BCUT2D eigenvalue weighted by Crippen LogP contribution is -2.43. The first-order valence-electron chi connectivity index (χ1n) is 14.0. The summed E-state index contributed by atoms with van der Waals surface area (Å²) in [4.78, 5) is 36.9. The molecule has 4 N–H and O–H groups in total. The van der Waals surface area contributed by atoms with Crippen LogP contribution in [-0.2, 0) is 32.0 Å². The number of imidazole rings is 3. The van der Waals surface area contributed by atoms with Crippen LogP contribution in [0.2, 0.25) is 0 Å². The number of thiol groups is 2. The summed E-state index contributed by atoms with van der Waals surface area (Å²) in [7, 11) is 0. The van der Waals surface area contributed by atoms with Gasteiger partial charge in [0.05, 0.1) is 32.5 Å². The van der Waals surface area contributed by atoms with E-state index in [2.05, 4.69) is 54.4 Å². The molecule has 2 saturated heterocycles. The van der Waals surface area contributed by atoms with Gasteiger partial charge in [0, 0.05) is 24.4 Å². The highest BCUT2D eigenvalue weighted by Gasteiger charge is 2.51. The van der Waals surface area contributed by atoms with Gasteiger partial charge in [-0.05, 0) is 12.3 Å². The molecule has 0 radical (unpaired) electrons. The smallest absolute Gasteiger partial charge is 0.386 e. The van der Waals surface area contributed by atoms with Gasteiger partial charge in [-0.25, -0.2) is 38.5 Å². The Kier molecular flexibility index (Phi) is 7.37. The summed E-state index contributed by atoms with van der Waals surface area (Å²) in [6.07, 6.45) is 2.48. The molecule has 19 nitrogen and oxygen atoms in total. The van der Waals surface area contributed by atoms with Gasteiger partial charge < -0.3 is 34.2 Å². The zero-order valence-corrected chi connectivity index (χ0v) is 27.0. The first kappa shape index (κ1) is 30.5. The highest BCUT2D eigenvalue weighted by Crippen LogP contribution is 2.60. The highest BCUT2D eigenvalue weighted by atomic mass is 32.7. The van der Waals surface area contributed by atoms with Gasteiger partial charge in [0.15, 0.2) is 23.2 Å². The summed E-state index contributed by atoms with van der Waals surface area (Å²) >= 11 is 8.37. The summed E-state index contributed by atoms with van der Waals surface area (Å²) in [5, 5.41) is 11.3. The van der Waals surface area contributed by atoms with E-state index in [1.54, 1.807) is 6.33 Å². The number of hydrogen-bond donors (Lipinski definition) is 5. The van der Waals surface area contributed by atoms with Crippen molar-refractivity contribution in [3.63, 3.8) is 0 Å². The number of nitrogens with two attached hydrogens (primary N) is 1. The van der Waals surface area contributed by atoms with Crippen LogP contribution in [-0.4, -0.2) is 86.7 Å². The number of nitrogen functional groups attached to an aromatic ring is 1. The van der Waals surface area contributed by atoms with Crippen molar-refractivity contribution in [1.29, 1.82) is 0 Å². The van der Waals surface area contributed by atoms with Gasteiger partial charge in [-0.2, -0.15) is 0 Å². The molecule has 5 aromatic heterocycles. The topological polar surface area (TPSA) is 238 Å². The Morgan fingerprint density at radius 2 is 1.74 bits per heavy atom. The molecular formula is C23H26N10O9P2S2. The molecule has 46 heavy (non-hydrogen) atoms. The average Bonchev–Trinajstić information content (AvgIpc) is 3.79. The number of fused-ring (bicyclic) bond motifs is 6. The van der Waals surface area contributed by atoms with Crippen LogP contribution in [0.1, 0.15) is 18.7 Å². The van der Waals surface area contributed by atoms with E-state index in [0.29, 0.717) is 17.6 Å². The number of nitrogens with zero attached hydrogens (tertiary/aromatic N) is 8. The number of nitrogens with one attached hydrogen (secondary N) is 1. The second-order valence-electron chi connectivity index (χ2n) is 11.2. The lowest BCUT2D eigenvalue weighted by Gasteiger charge is -2.45. The molecule has 3 fully saturated rings. The molecule has 244 valence electrons. The van der Waals surface area contributed by atoms with Crippen molar-refractivity contribution in [3.8, 4) is 0 Å². The molecule has 0 amide bonds. The van der Waals surface area contributed by atoms with Crippen LogP contribution in [0.15, 0.2) is 36.2 Å². The van der Waals surface area contributed by atoms with Crippen LogP contribution < -0.4 is 11.3 Å². The molecule has 23 heteroatoms. The Hall–Kier alpha value is -2.84. The minimum absolute atomic E-state index is 0.0527. The monoisotopic (exact) mass is 712 g/mol. The van der Waals surface area contributed by atoms with Crippen molar-refractivity contribution in [1.82, 2.24) is 43.4 Å². The van der Waals surface area contributed by atoms with Gasteiger partial charge >= 0.3 is 13.6 Å². The second kappa shape index (κ2) is 11.1. The largest absolute Gasteiger partial charge is 0.387 e. The van der Waals surface area contributed by atoms with Crippen molar-refractivity contribution >= 4 is 72.0 Å². The molecule has 1 saturated carbocycles. The number of aromatic amines is 1. The zero-order chi connectivity index (χ0) is 32.0. The molecule has 0 spiro atoms. The molecule has 9 atom stereocenters. The zero-order valence-electron chi connectivity index (χ0n) is 23.4. The molecule has 2 aliphatic heterocycles. The van der Waals surface area contributed by atoms with Crippen molar-refractivity contribution in [3.05, 3.63) is 41.7 Å². The van der Waals surface area contributed by atoms with E-state index in [0.717, 1.165) is 0 Å². The van der Waals surface area contributed by atoms with E-state index in [1.807, 2.05) is 4.57 Å². The fraction of sp³-hybridized carbons (Fsp3) is 0.478. The van der Waals surface area contributed by atoms with Crippen LogP contribution in [0.5, 0.6) is 0 Å². The fourth-order valence-electron chi connectivity index (χ4n) is 6.22. The third kappa shape index (κ3) is 5.09. The number of aromatic nitrogens is 9. The molecule has 3 aliphatic rings. The fourth-order valence-corrected chi connectivity index (χ4v) is 8.89. The predicted octanol–water partition coefficient (Wildman–Crippen LogP) is 1.75. The Bertz CT molecular complexity index is 2140. The average molecular weight is 713 g/mol. The summed E-state index contributed by atoms with van der Waals surface area (Å²) < 4.78 is 60.3. The maximum absolute atomic E-state index is 13.6. The van der Waals surface area contributed by atoms with Gasteiger partial charge in [-0.3, -0.25) is 18.4 Å². The lowest BCUT2D eigenvalue weighted by molar-refractivity contribution is -0.0462. The SMILES string of the molecule is Nc1ncnc2c1ncn2[C@@H]1C[C@@H]2CO[P@](=O)(S)O[C@@H]3[C@H](O)[C@@H](CO[P@](=O)(S)OC[C@H]21)O[C@H]3n1cnc2c(=O)n3ccnc3[nH]c21. The first-order chi connectivity index (χ1) is 22.0. The number of H-pyrrole nitrogens is 1. The van der Waals surface area contributed by atoms with Crippen LogP contribution in [0.25, 0.3) is 28.1 Å². The van der Waals surface area contributed by atoms with Gasteiger partial charge in [-0.1, -0.05) is 24.5 Å². The van der Waals surface area contributed by atoms with E-state index in [9.17, 15) is 19.0 Å². The normalized spacial score (nSPS) is 35.7. The third-order valence-electron chi connectivity index (χ3n) is 8.60. The Labute approximate surface area is 268 Å². The molecule has 5 aromatic rings. The minimum Gasteiger partial charge on any atom is -0.387 e. The maximum Gasteiger partial charge on any atom is 0.386 e. The number of hydrogen-bond acceptors (Lipinski definition) is 15. The van der Waals surface area contributed by atoms with E-state index in [4.69, 9.17) is 28.6 Å². The highest BCUT2D eigenvalue weighted by molar-refractivity contribution is 8.44. The Balaban J connectivity index is 1.10. The van der Waals surface area contributed by atoms with Crippen LogP contribution in [0, 0.1) is 11.8 Å². The van der Waals surface area contributed by atoms with Crippen LogP contribution >= 0.6 is 38.1 Å². The van der Waals surface area contributed by atoms with Gasteiger partial charge in [-0.15, -0.1) is 0 Å². The summed E-state index contributed by atoms with van der Waals surface area (Å²) in [5.41, 5.74) is 6.72. The minimum atomic E-state index is -4.14. The summed E-state index contributed by atoms with van der Waals surface area (Å²) in [6, 6.07) is -0.224. The summed E-state index contributed by atoms with van der Waals surface area (Å²) in [5.74, 6) is -0.115. The van der Waals surface area contributed by atoms with Crippen LogP contribution in [0.4, 0.5) is 5.82 Å². The third-order valence-corrected chi connectivity index (χ3v) is 11.9. The van der Waals surface area contributed by atoms with E-state index in [1.165, 1.54) is 34.0 Å². The Morgan fingerprint density at radius 3 is 2.59 bits per heavy atom. The first-order valence-corrected chi connectivity index (χ1v) is 19.3. The molecule has 8 rings (SSSR count). The molecule has 2 bridgehead atoms. The number of ether oxygens (including phenoxy) is 1. The van der Waals surface area contributed by atoms with Crippen molar-refractivity contribution < 1.29 is 37.1 Å². The molecule has 7 heterocycles. The van der Waals surface area contributed by atoms with E-state index < -0.39 is 50.3 Å². The lowest BCUT2D eigenvalue weighted by atomic mass is 9.70. The van der Waals surface area contributed by atoms with Crippen molar-refractivity contribution in [2.24, 2.45) is 11.8 Å². The number of aliphatic hydroxyl groups excluding tert-OH is 1. The maximum atomic E-state index is 13.6. The number of anilines is 1. The van der Waals surface area contributed by atoms with E-state index >= 15 is 0 Å². The molecule has 1 aliphatic carbocycles. The summed E-state index contributed by atoms with van der Waals surface area (Å²) in [6.45, 7) is -8.72. The second-order valence-corrected chi connectivity index (χ2v) is 17.0. The predicted molar refractivity (Wildman–Crippen MR) is 165 cm³/mol. The van der Waals surface area contributed by atoms with Gasteiger partial charge in [0.1, 0.15) is 35.8 Å². The quantitative estimate of drug-likeness (QED) is 0.129. The Morgan fingerprint density at radius 1 is 0.978 bits per heavy atom. The van der Waals surface area contributed by atoms with Crippen LogP contribution in [0.3, 0.4) is 0 Å². The molecule has 0 aromatic carbocycles. The van der Waals surface area contributed by atoms with Crippen molar-refractivity contribution in [2.75, 3.05) is 25.6 Å². The van der Waals surface area contributed by atoms with Crippen molar-refractivity contribution in [2.45, 2.75) is 37.0 Å². The van der Waals surface area contributed by atoms with Gasteiger partial charge in [0.2, 0.25) is 5.78 Å². The number of rotatable bonds is 2. The number of aliphatic hydroxyl groups is 1. The standard InChI is InChI=1S/C23H26N10O9P2S2/c24-18-14-19(27-7-26-18)32(8-28-14)12-3-10-4-38-44(37,46)42-17-16(34)13(6-40-43(36,45)39-5-11(10)12)41-22(17)33-9-29-15-20(33)30-23-25-1-2-31(23)21(15)35/h1-2,7-13,16-17,22,34H,3-6H2,(H,25,30)(H,36,45)(H,37,46)(H2,24,26,27)/t10-,11-,12-,13-,16-,17-,22-,43-,44+/m1/s1. The molecule has 0 unspecified atom stereocenters.